The van der Waals surface area contributed by atoms with Crippen molar-refractivity contribution in [1.82, 2.24) is 4.31 Å². The molecular weight excluding hydrogens is 314 g/mol. The second-order valence-corrected chi connectivity index (χ2v) is 7.70. The zero-order chi connectivity index (χ0) is 14.9. The van der Waals surface area contributed by atoms with Gasteiger partial charge >= 0.3 is 0 Å². The van der Waals surface area contributed by atoms with Crippen molar-refractivity contribution in [2.24, 2.45) is 0 Å². The molecule has 0 atom stereocenters. The van der Waals surface area contributed by atoms with E-state index in [4.69, 9.17) is 21.1 Å². The molecule has 1 aromatic carbocycles. The summed E-state index contributed by atoms with van der Waals surface area (Å²) in [4.78, 5) is 0.233. The van der Waals surface area contributed by atoms with Crippen molar-refractivity contribution in [3.8, 4) is 0 Å². The van der Waals surface area contributed by atoms with Gasteiger partial charge in [-0.15, -0.1) is 0 Å². The largest absolute Gasteiger partial charge is 0.350 e. The molecule has 2 aliphatic heterocycles. The first-order valence-corrected chi connectivity index (χ1v) is 8.87. The molecule has 0 unspecified atom stereocenters. The molecule has 2 heterocycles. The first-order chi connectivity index (χ1) is 10.0. The van der Waals surface area contributed by atoms with Crippen LogP contribution < -0.4 is 0 Å². The van der Waals surface area contributed by atoms with Crippen LogP contribution in [0.2, 0.25) is 5.02 Å². The van der Waals surface area contributed by atoms with E-state index in [0.29, 0.717) is 44.2 Å². The highest BCUT2D eigenvalue weighted by Crippen LogP contribution is 2.33. The highest BCUT2D eigenvalue weighted by atomic mass is 35.5. The van der Waals surface area contributed by atoms with Crippen molar-refractivity contribution in [1.29, 1.82) is 0 Å². The summed E-state index contributed by atoms with van der Waals surface area (Å²) in [6.45, 7) is 2.16. The van der Waals surface area contributed by atoms with Crippen molar-refractivity contribution in [3.05, 3.63) is 29.3 Å². The first kappa shape index (κ1) is 15.2. The van der Waals surface area contributed by atoms with Gasteiger partial charge in [0.05, 0.1) is 18.1 Å². The Kier molecular flexibility index (Phi) is 4.25. The smallest absolute Gasteiger partial charge is 0.243 e. The lowest BCUT2D eigenvalue weighted by Gasteiger charge is -2.42. The third-order valence-electron chi connectivity index (χ3n) is 3.94. The summed E-state index contributed by atoms with van der Waals surface area (Å²) >= 11 is 5.88. The van der Waals surface area contributed by atoms with Crippen molar-refractivity contribution in [2.75, 3.05) is 26.3 Å². The minimum atomic E-state index is -3.50. The molecule has 3 rings (SSSR count). The lowest BCUT2D eigenvalue weighted by Crippen LogP contribution is -2.51. The molecule has 2 aliphatic rings. The van der Waals surface area contributed by atoms with Gasteiger partial charge in [0.25, 0.3) is 0 Å². The average Bonchev–Trinajstić information content (AvgIpc) is 2.48. The van der Waals surface area contributed by atoms with Crippen LogP contribution in [0.15, 0.2) is 29.2 Å². The Morgan fingerprint density at radius 1 is 1.14 bits per heavy atom. The van der Waals surface area contributed by atoms with Crippen LogP contribution in [0.4, 0.5) is 0 Å². The van der Waals surface area contributed by atoms with Crippen LogP contribution in [-0.2, 0) is 19.5 Å². The minimum absolute atomic E-state index is 0.233. The summed E-state index contributed by atoms with van der Waals surface area (Å²) in [6, 6.07) is 6.36. The van der Waals surface area contributed by atoms with Gasteiger partial charge in [0, 0.05) is 31.0 Å². The maximum Gasteiger partial charge on any atom is 0.243 e. The number of hydrogen-bond acceptors (Lipinski definition) is 4. The first-order valence-electron chi connectivity index (χ1n) is 7.06. The average molecular weight is 332 g/mol. The summed E-state index contributed by atoms with van der Waals surface area (Å²) < 4.78 is 38.1. The van der Waals surface area contributed by atoms with Gasteiger partial charge in [-0.1, -0.05) is 17.7 Å². The zero-order valence-electron chi connectivity index (χ0n) is 11.6. The number of halogens is 1. The lowest BCUT2D eigenvalue weighted by molar-refractivity contribution is -0.280. The number of nitrogens with zero attached hydrogens (tertiary/aromatic N) is 1. The Morgan fingerprint density at radius 3 is 2.43 bits per heavy atom. The van der Waals surface area contributed by atoms with Crippen molar-refractivity contribution < 1.29 is 17.9 Å². The fourth-order valence-corrected chi connectivity index (χ4v) is 4.49. The second-order valence-electron chi connectivity index (χ2n) is 5.32. The maximum atomic E-state index is 12.6. The lowest BCUT2D eigenvalue weighted by atomic mass is 10.0. The summed E-state index contributed by atoms with van der Waals surface area (Å²) in [7, 11) is -3.50. The van der Waals surface area contributed by atoms with Gasteiger partial charge < -0.3 is 9.47 Å². The Morgan fingerprint density at radius 2 is 1.81 bits per heavy atom. The Hall–Kier alpha value is -0.660. The van der Waals surface area contributed by atoms with Crippen LogP contribution in [0.1, 0.15) is 19.3 Å². The molecule has 0 saturated carbocycles. The van der Waals surface area contributed by atoms with Gasteiger partial charge in [0.2, 0.25) is 10.0 Å². The third-order valence-corrected chi connectivity index (χ3v) is 6.07. The predicted octanol–water partition coefficient (Wildman–Crippen LogP) is 2.26. The number of rotatable bonds is 2. The van der Waals surface area contributed by atoms with Crippen LogP contribution in [0, 0.1) is 0 Å². The Bertz CT molecular complexity index is 603. The van der Waals surface area contributed by atoms with Crippen LogP contribution in [-0.4, -0.2) is 44.8 Å². The van der Waals surface area contributed by atoms with Crippen molar-refractivity contribution in [3.63, 3.8) is 0 Å². The Labute approximate surface area is 129 Å². The highest BCUT2D eigenvalue weighted by Gasteiger charge is 2.41. The molecule has 0 bridgehead atoms. The third kappa shape index (κ3) is 3.10. The number of benzene rings is 1. The molecule has 0 radical (unpaired) electrons. The quantitative estimate of drug-likeness (QED) is 0.834. The van der Waals surface area contributed by atoms with E-state index in [1.165, 1.54) is 10.4 Å². The van der Waals surface area contributed by atoms with Crippen molar-refractivity contribution in [2.45, 2.75) is 29.9 Å². The van der Waals surface area contributed by atoms with E-state index in [0.717, 1.165) is 6.42 Å². The van der Waals surface area contributed by atoms with E-state index in [1.54, 1.807) is 18.2 Å². The molecule has 7 heteroatoms. The van der Waals surface area contributed by atoms with E-state index in [1.807, 2.05) is 0 Å². The molecule has 2 fully saturated rings. The van der Waals surface area contributed by atoms with Crippen LogP contribution in [0.3, 0.4) is 0 Å². The second kappa shape index (κ2) is 5.85. The Balaban J connectivity index is 1.74. The monoisotopic (exact) mass is 331 g/mol. The highest BCUT2D eigenvalue weighted by molar-refractivity contribution is 7.89. The van der Waals surface area contributed by atoms with E-state index in [2.05, 4.69) is 0 Å². The zero-order valence-corrected chi connectivity index (χ0v) is 13.2. The van der Waals surface area contributed by atoms with Crippen LogP contribution in [0.5, 0.6) is 0 Å². The molecule has 21 heavy (non-hydrogen) atoms. The fraction of sp³-hybridized carbons (Fsp3) is 0.571. The predicted molar refractivity (Wildman–Crippen MR) is 78.7 cm³/mol. The fourth-order valence-electron chi connectivity index (χ4n) is 2.75. The van der Waals surface area contributed by atoms with Crippen molar-refractivity contribution >= 4 is 21.6 Å². The molecule has 116 valence electrons. The standard InChI is InChI=1S/C14H18ClNO4S/c15-12-3-1-4-13(11-12)21(17,18)16-7-5-14(6-8-16)19-9-2-10-20-14/h1,3-4,11H,2,5-10H2. The summed E-state index contributed by atoms with van der Waals surface area (Å²) in [5.41, 5.74) is 0. The van der Waals surface area contributed by atoms with Gasteiger partial charge in [-0.05, 0) is 24.6 Å². The van der Waals surface area contributed by atoms with E-state index >= 15 is 0 Å². The van der Waals surface area contributed by atoms with Crippen LogP contribution >= 0.6 is 11.6 Å². The normalized spacial score (nSPS) is 23.3. The van der Waals surface area contributed by atoms with Gasteiger partial charge in [0.1, 0.15) is 0 Å². The molecular formula is C14H18ClNO4S. The van der Waals surface area contributed by atoms with Gasteiger partial charge in [-0.3, -0.25) is 0 Å². The van der Waals surface area contributed by atoms with E-state index < -0.39 is 15.8 Å². The van der Waals surface area contributed by atoms with E-state index in [-0.39, 0.29) is 4.90 Å². The van der Waals surface area contributed by atoms with Gasteiger partial charge in [0.15, 0.2) is 5.79 Å². The molecule has 1 aromatic rings. The topological polar surface area (TPSA) is 55.8 Å². The summed E-state index contributed by atoms with van der Waals surface area (Å²) in [6.07, 6.45) is 2.02. The van der Waals surface area contributed by atoms with Gasteiger partial charge in [-0.25, -0.2) is 8.42 Å². The molecule has 0 N–H and O–H groups in total. The van der Waals surface area contributed by atoms with Gasteiger partial charge in [-0.2, -0.15) is 4.31 Å². The van der Waals surface area contributed by atoms with E-state index in [9.17, 15) is 8.42 Å². The number of ether oxygens (including phenoxy) is 2. The molecule has 1 spiro atoms. The van der Waals surface area contributed by atoms with Crippen LogP contribution in [0.25, 0.3) is 0 Å². The molecule has 0 amide bonds. The number of piperidine rings is 1. The minimum Gasteiger partial charge on any atom is -0.350 e. The number of hydrogen-bond donors (Lipinski definition) is 0. The molecule has 0 aliphatic carbocycles. The summed E-state index contributed by atoms with van der Waals surface area (Å²) in [5, 5.41) is 0.420. The number of sulfonamides is 1. The molecule has 0 aromatic heterocycles. The summed E-state index contributed by atoms with van der Waals surface area (Å²) in [5.74, 6) is -0.585. The molecule has 5 nitrogen and oxygen atoms in total. The maximum absolute atomic E-state index is 12.6. The molecule has 2 saturated heterocycles. The SMILES string of the molecule is O=S(=O)(c1cccc(Cl)c1)N1CCC2(CC1)OCCCO2.